The monoisotopic (exact) mass is 351 g/mol. The lowest BCUT2D eigenvalue weighted by Gasteiger charge is -2.33. The number of hydrogen-bond donors (Lipinski definition) is 1. The molecule has 2 N–H and O–H groups in total. The minimum atomic E-state index is -1.40. The van der Waals surface area contributed by atoms with E-state index in [0.29, 0.717) is 12.2 Å². The summed E-state index contributed by atoms with van der Waals surface area (Å²) in [5.41, 5.74) is 6.98. The van der Waals surface area contributed by atoms with Crippen LogP contribution >= 0.6 is 0 Å². The average Bonchev–Trinajstić information content (AvgIpc) is 2.68. The molecule has 0 spiro atoms. The van der Waals surface area contributed by atoms with Crippen molar-refractivity contribution in [1.29, 1.82) is 0 Å². The van der Waals surface area contributed by atoms with Crippen LogP contribution in [0.4, 0.5) is 0 Å². The van der Waals surface area contributed by atoms with Crippen molar-refractivity contribution in [2.24, 2.45) is 5.73 Å². The van der Waals surface area contributed by atoms with Gasteiger partial charge in [-0.05, 0) is 43.0 Å². The summed E-state index contributed by atoms with van der Waals surface area (Å²) in [5.74, 6) is 2.40. The molecule has 136 valence electrons. The largest absolute Gasteiger partial charge is 0.473 e. The van der Waals surface area contributed by atoms with E-state index in [4.69, 9.17) is 21.6 Å². The van der Waals surface area contributed by atoms with Gasteiger partial charge in [-0.25, -0.2) is 4.79 Å². The van der Waals surface area contributed by atoms with E-state index in [2.05, 4.69) is 18.1 Å². The number of hydrogen-bond acceptors (Lipinski definition) is 4. The van der Waals surface area contributed by atoms with E-state index in [-0.39, 0.29) is 6.61 Å². The molecular formula is C22H25NO3. The van der Waals surface area contributed by atoms with E-state index in [1.165, 1.54) is 5.56 Å². The molecule has 26 heavy (non-hydrogen) atoms. The highest BCUT2D eigenvalue weighted by Crippen LogP contribution is 2.26. The van der Waals surface area contributed by atoms with Crippen LogP contribution in [0.25, 0.3) is 0 Å². The average molecular weight is 351 g/mol. The topological polar surface area (TPSA) is 61.5 Å². The molecule has 0 saturated carbocycles. The van der Waals surface area contributed by atoms with Crippen LogP contribution < -0.4 is 10.5 Å². The van der Waals surface area contributed by atoms with Crippen molar-refractivity contribution in [3.8, 4) is 18.1 Å². The fourth-order valence-electron chi connectivity index (χ4n) is 2.77. The molecule has 0 aliphatic rings. The van der Waals surface area contributed by atoms with Crippen LogP contribution in [0.2, 0.25) is 0 Å². The molecule has 2 unspecified atom stereocenters. The maximum absolute atomic E-state index is 12.5. The van der Waals surface area contributed by atoms with Crippen molar-refractivity contribution >= 4 is 5.97 Å². The Morgan fingerprint density at radius 2 is 1.73 bits per heavy atom. The van der Waals surface area contributed by atoms with Gasteiger partial charge in [0.15, 0.2) is 0 Å². The summed E-state index contributed by atoms with van der Waals surface area (Å²) < 4.78 is 11.1. The third-order valence-electron chi connectivity index (χ3n) is 4.30. The molecule has 2 aromatic rings. The molecule has 0 bridgehead atoms. The molecule has 0 radical (unpaired) electrons. The van der Waals surface area contributed by atoms with Crippen LogP contribution in [0.5, 0.6) is 5.75 Å². The van der Waals surface area contributed by atoms with Crippen molar-refractivity contribution in [3.63, 3.8) is 0 Å². The Balaban J connectivity index is 2.20. The Morgan fingerprint density at radius 1 is 1.12 bits per heavy atom. The zero-order valence-electron chi connectivity index (χ0n) is 15.3. The van der Waals surface area contributed by atoms with Gasteiger partial charge in [-0.1, -0.05) is 55.3 Å². The Bertz CT molecular complexity index is 749. The number of ether oxygens (including phenoxy) is 2. The smallest absolute Gasteiger partial charge is 0.353 e. The number of benzene rings is 2. The molecule has 2 aromatic carbocycles. The second-order valence-corrected chi connectivity index (χ2v) is 6.02. The summed E-state index contributed by atoms with van der Waals surface area (Å²) in [4.78, 5) is 12.5. The molecule has 0 aromatic heterocycles. The fraction of sp³-hybridized carbons (Fsp3) is 0.318. The maximum Gasteiger partial charge on any atom is 0.353 e. The van der Waals surface area contributed by atoms with Gasteiger partial charge >= 0.3 is 5.97 Å². The molecule has 4 nitrogen and oxygen atoms in total. The van der Waals surface area contributed by atoms with Crippen LogP contribution in [0, 0.1) is 12.3 Å². The van der Waals surface area contributed by atoms with Crippen LogP contribution in [-0.4, -0.2) is 24.2 Å². The lowest BCUT2D eigenvalue weighted by atomic mass is 9.91. The lowest BCUT2D eigenvalue weighted by molar-refractivity contribution is -0.163. The first kappa shape index (κ1) is 19.6. The second kappa shape index (κ2) is 9.07. The van der Waals surface area contributed by atoms with Gasteiger partial charge < -0.3 is 15.2 Å². The molecule has 2 atom stereocenters. The van der Waals surface area contributed by atoms with Gasteiger partial charge in [0.25, 0.3) is 0 Å². The summed E-state index contributed by atoms with van der Waals surface area (Å²) in [6.07, 6.45) is 6.60. The standard InChI is InChI=1S/C22H25NO3/c1-4-20(23)22(5-2,21(24)25-6-3)26-19-14-12-18(13-15-19)16-17-10-8-7-9-11-17/h1,7-15,20H,5-6,16,23H2,2-3H3. The molecule has 2 rings (SSSR count). The molecule has 4 heteroatoms. The Hall–Kier alpha value is -2.77. The highest BCUT2D eigenvalue weighted by molar-refractivity contribution is 5.82. The molecule has 0 fully saturated rings. The predicted octanol–water partition coefficient (Wildman–Crippen LogP) is 3.33. The second-order valence-electron chi connectivity index (χ2n) is 6.02. The number of terminal acetylenes is 1. The first-order chi connectivity index (χ1) is 12.6. The SMILES string of the molecule is C#CC(N)C(CC)(Oc1ccc(Cc2ccccc2)cc1)C(=O)OCC. The number of nitrogens with two attached hydrogens (primary N) is 1. The first-order valence-corrected chi connectivity index (χ1v) is 8.76. The Morgan fingerprint density at radius 3 is 2.27 bits per heavy atom. The number of carbonyl (C=O) groups excluding carboxylic acids is 1. The van der Waals surface area contributed by atoms with E-state index in [9.17, 15) is 4.79 Å². The van der Waals surface area contributed by atoms with E-state index >= 15 is 0 Å². The van der Waals surface area contributed by atoms with Crippen molar-refractivity contribution in [2.75, 3.05) is 6.61 Å². The van der Waals surface area contributed by atoms with Crippen molar-refractivity contribution < 1.29 is 14.3 Å². The van der Waals surface area contributed by atoms with Crippen LogP contribution in [0.15, 0.2) is 54.6 Å². The minimum absolute atomic E-state index is 0.233. The maximum atomic E-state index is 12.5. The fourth-order valence-corrected chi connectivity index (χ4v) is 2.77. The van der Waals surface area contributed by atoms with Gasteiger partial charge in [0.1, 0.15) is 11.8 Å². The molecule has 0 aliphatic carbocycles. The van der Waals surface area contributed by atoms with E-state index in [1.807, 2.05) is 42.5 Å². The van der Waals surface area contributed by atoms with Gasteiger partial charge in [-0.2, -0.15) is 0 Å². The summed E-state index contributed by atoms with van der Waals surface area (Å²) in [5, 5.41) is 0. The normalized spacial score (nSPS) is 13.9. The molecule has 0 saturated heterocycles. The zero-order chi connectivity index (χ0) is 19.0. The van der Waals surface area contributed by atoms with Crippen LogP contribution in [0.1, 0.15) is 31.4 Å². The summed E-state index contributed by atoms with van der Waals surface area (Å²) in [6.45, 7) is 3.77. The van der Waals surface area contributed by atoms with Gasteiger partial charge in [0.2, 0.25) is 5.60 Å². The highest BCUT2D eigenvalue weighted by Gasteiger charge is 2.46. The summed E-state index contributed by atoms with van der Waals surface area (Å²) >= 11 is 0. The van der Waals surface area contributed by atoms with Crippen LogP contribution in [0.3, 0.4) is 0 Å². The van der Waals surface area contributed by atoms with Gasteiger partial charge in [-0.3, -0.25) is 0 Å². The highest BCUT2D eigenvalue weighted by atomic mass is 16.6. The number of rotatable bonds is 8. The van der Waals surface area contributed by atoms with Gasteiger partial charge in [0, 0.05) is 0 Å². The Kier molecular flexibility index (Phi) is 6.82. The molecule has 0 aliphatic heterocycles. The molecule has 0 heterocycles. The molecule has 0 amide bonds. The van der Waals surface area contributed by atoms with E-state index in [0.717, 1.165) is 12.0 Å². The third-order valence-corrected chi connectivity index (χ3v) is 4.30. The molecular weight excluding hydrogens is 326 g/mol. The Labute approximate surface area is 155 Å². The van der Waals surface area contributed by atoms with Crippen LogP contribution in [-0.2, 0) is 16.0 Å². The third kappa shape index (κ3) is 4.44. The van der Waals surface area contributed by atoms with Gasteiger partial charge in [-0.15, -0.1) is 6.42 Å². The number of carbonyl (C=O) groups is 1. The van der Waals surface area contributed by atoms with E-state index < -0.39 is 17.6 Å². The first-order valence-electron chi connectivity index (χ1n) is 8.76. The quantitative estimate of drug-likeness (QED) is 0.585. The van der Waals surface area contributed by atoms with Gasteiger partial charge in [0.05, 0.1) is 6.61 Å². The van der Waals surface area contributed by atoms with Crippen molar-refractivity contribution in [3.05, 3.63) is 65.7 Å². The van der Waals surface area contributed by atoms with Crippen molar-refractivity contribution in [1.82, 2.24) is 0 Å². The summed E-state index contributed by atoms with van der Waals surface area (Å²) in [7, 11) is 0. The number of esters is 1. The van der Waals surface area contributed by atoms with Crippen molar-refractivity contribution in [2.45, 2.75) is 38.3 Å². The van der Waals surface area contributed by atoms with E-state index in [1.54, 1.807) is 13.8 Å². The predicted molar refractivity (Wildman–Crippen MR) is 103 cm³/mol. The zero-order valence-corrected chi connectivity index (χ0v) is 15.3. The summed E-state index contributed by atoms with van der Waals surface area (Å²) in [6, 6.07) is 16.9. The minimum Gasteiger partial charge on any atom is -0.473 e. The lowest BCUT2D eigenvalue weighted by Crippen LogP contribution is -2.58.